The van der Waals surface area contributed by atoms with Gasteiger partial charge in [0.1, 0.15) is 24.8 Å². The second-order valence-electron chi connectivity index (χ2n) is 6.30. The zero-order chi connectivity index (χ0) is 19.4. The number of anilines is 2. The van der Waals surface area contributed by atoms with E-state index in [0.717, 1.165) is 0 Å². The highest BCUT2D eigenvalue weighted by molar-refractivity contribution is 5.97. The molecule has 0 aliphatic carbocycles. The first-order valence-corrected chi connectivity index (χ1v) is 8.34. The Morgan fingerprint density at radius 3 is 1.74 bits per heavy atom. The standard InChI is InChI=1S/C18H20N6O3/c1-21-6-8-23(12-21)10-16(25)19-14-4-3-5-15(18(14)27)20-17(26)11-24-9-7-22(2)13-24/h3-9,12-13H,10-11H2,1-2H3,(H-2,19,20,25,26,27)/p+2. The number of para-hydroxylation sites is 1. The number of phenolic OH excluding ortho intramolecular Hbond substituents is 1. The molecule has 3 N–H and O–H groups in total. The molecule has 140 valence electrons. The van der Waals surface area contributed by atoms with Crippen LogP contribution >= 0.6 is 0 Å². The summed E-state index contributed by atoms with van der Waals surface area (Å²) in [5, 5.41) is 15.7. The number of nitrogens with one attached hydrogen (secondary N) is 2. The van der Waals surface area contributed by atoms with Gasteiger partial charge in [-0.15, -0.1) is 0 Å². The maximum Gasteiger partial charge on any atom is 0.266 e. The largest absolute Gasteiger partial charge is 0.504 e. The number of hydrogen-bond acceptors (Lipinski definition) is 3. The summed E-state index contributed by atoms with van der Waals surface area (Å²) < 4.78 is 7.08. The third kappa shape index (κ3) is 4.72. The van der Waals surface area contributed by atoms with Gasteiger partial charge in [-0.2, -0.15) is 0 Å². The molecule has 3 aromatic rings. The summed E-state index contributed by atoms with van der Waals surface area (Å²) in [6.07, 6.45) is 10.8. The molecule has 0 bridgehead atoms. The van der Waals surface area contributed by atoms with Gasteiger partial charge >= 0.3 is 0 Å². The van der Waals surface area contributed by atoms with Crippen molar-refractivity contribution in [2.45, 2.75) is 13.1 Å². The van der Waals surface area contributed by atoms with Gasteiger partial charge in [0, 0.05) is 0 Å². The number of nitrogens with zero attached hydrogens (tertiary/aromatic N) is 4. The van der Waals surface area contributed by atoms with Crippen LogP contribution in [-0.4, -0.2) is 26.1 Å². The molecule has 0 spiro atoms. The van der Waals surface area contributed by atoms with Crippen LogP contribution in [0.15, 0.2) is 55.6 Å². The number of rotatable bonds is 6. The zero-order valence-corrected chi connectivity index (χ0v) is 15.2. The molecule has 0 unspecified atom stereocenters. The molecule has 3 rings (SSSR count). The van der Waals surface area contributed by atoms with Crippen LogP contribution in [-0.2, 0) is 36.8 Å². The van der Waals surface area contributed by atoms with Crippen LogP contribution in [0, 0.1) is 0 Å². The second-order valence-corrected chi connectivity index (χ2v) is 6.30. The van der Waals surface area contributed by atoms with Crippen molar-refractivity contribution in [3.8, 4) is 5.75 Å². The molecular formula is C18H22N6O3+2. The number of carbonyl (C=O) groups excluding carboxylic acids is 2. The van der Waals surface area contributed by atoms with E-state index in [9.17, 15) is 14.7 Å². The fraction of sp³-hybridized carbons (Fsp3) is 0.222. The van der Waals surface area contributed by atoms with Crippen molar-refractivity contribution in [3.63, 3.8) is 0 Å². The Kier molecular flexibility index (Phi) is 5.20. The number of hydrogen-bond donors (Lipinski definition) is 3. The average molecular weight is 370 g/mol. The predicted octanol–water partition coefficient (Wildman–Crippen LogP) is -0.0784. The summed E-state index contributed by atoms with van der Waals surface area (Å²) in [6, 6.07) is 4.80. The van der Waals surface area contributed by atoms with Crippen LogP contribution in [0.25, 0.3) is 0 Å². The van der Waals surface area contributed by atoms with Crippen LogP contribution in [0.5, 0.6) is 5.75 Å². The number of amides is 2. The first kappa shape index (κ1) is 18.2. The Bertz CT molecular complexity index is 901. The van der Waals surface area contributed by atoms with E-state index in [4.69, 9.17) is 0 Å². The Morgan fingerprint density at radius 1 is 0.926 bits per heavy atom. The molecular weight excluding hydrogens is 348 g/mol. The van der Waals surface area contributed by atoms with Gasteiger partial charge < -0.3 is 15.7 Å². The van der Waals surface area contributed by atoms with Gasteiger partial charge in [-0.1, -0.05) is 6.07 Å². The van der Waals surface area contributed by atoms with Gasteiger partial charge in [0.05, 0.1) is 25.5 Å². The van der Waals surface area contributed by atoms with E-state index in [0.29, 0.717) is 0 Å². The van der Waals surface area contributed by atoms with Crippen LogP contribution in [0.4, 0.5) is 11.4 Å². The summed E-state index contributed by atoms with van der Waals surface area (Å²) in [4.78, 5) is 24.4. The maximum absolute atomic E-state index is 12.2. The van der Waals surface area contributed by atoms with Crippen molar-refractivity contribution in [1.82, 2.24) is 9.13 Å². The minimum atomic E-state index is -0.287. The molecule has 2 amide bonds. The second kappa shape index (κ2) is 7.73. The van der Waals surface area contributed by atoms with Crippen molar-refractivity contribution < 1.29 is 23.8 Å². The highest BCUT2D eigenvalue weighted by Gasteiger charge is 2.15. The van der Waals surface area contributed by atoms with Crippen molar-refractivity contribution in [1.29, 1.82) is 0 Å². The average Bonchev–Trinajstić information content (AvgIpc) is 3.19. The predicted molar refractivity (Wildman–Crippen MR) is 96.6 cm³/mol. The Balaban J connectivity index is 1.64. The molecule has 9 nitrogen and oxygen atoms in total. The Morgan fingerprint density at radius 2 is 1.37 bits per heavy atom. The summed E-state index contributed by atoms with van der Waals surface area (Å²) in [5.74, 6) is -0.759. The Hall–Kier alpha value is -3.62. The number of phenols is 1. The summed E-state index contributed by atoms with van der Waals surface area (Å²) in [6.45, 7) is 0.225. The molecule has 2 heterocycles. The quantitative estimate of drug-likeness (QED) is 0.418. The number of aromatic hydroxyl groups is 1. The van der Waals surface area contributed by atoms with Gasteiger partial charge in [-0.05, 0) is 12.1 Å². The lowest BCUT2D eigenvalue weighted by Gasteiger charge is -2.11. The summed E-state index contributed by atoms with van der Waals surface area (Å²) in [5.41, 5.74) is 0.475. The summed E-state index contributed by atoms with van der Waals surface area (Å²) >= 11 is 0. The molecule has 27 heavy (non-hydrogen) atoms. The van der Waals surface area contributed by atoms with Gasteiger partial charge in [-0.25, -0.2) is 18.3 Å². The molecule has 0 fully saturated rings. The van der Waals surface area contributed by atoms with Gasteiger partial charge in [0.25, 0.3) is 11.8 Å². The molecule has 0 saturated carbocycles. The smallest absolute Gasteiger partial charge is 0.266 e. The van der Waals surface area contributed by atoms with E-state index in [1.807, 2.05) is 35.6 Å². The molecule has 0 atom stereocenters. The number of aromatic nitrogens is 4. The van der Waals surface area contributed by atoms with Crippen LogP contribution in [0.3, 0.4) is 0 Å². The highest BCUT2D eigenvalue weighted by Crippen LogP contribution is 2.31. The number of benzene rings is 1. The van der Waals surface area contributed by atoms with E-state index in [-0.39, 0.29) is 42.0 Å². The molecule has 0 aliphatic heterocycles. The molecule has 1 aromatic carbocycles. The molecule has 0 aliphatic rings. The van der Waals surface area contributed by atoms with Crippen molar-refractivity contribution >= 4 is 23.2 Å². The first-order valence-electron chi connectivity index (χ1n) is 8.34. The van der Waals surface area contributed by atoms with Crippen LogP contribution in [0.2, 0.25) is 0 Å². The molecule has 9 heteroatoms. The van der Waals surface area contributed by atoms with Crippen LogP contribution in [0.1, 0.15) is 0 Å². The van der Waals surface area contributed by atoms with Gasteiger partial charge in [-0.3, -0.25) is 9.59 Å². The van der Waals surface area contributed by atoms with Gasteiger partial charge in [0.15, 0.2) is 18.8 Å². The van der Waals surface area contributed by atoms with Gasteiger partial charge in [0.2, 0.25) is 12.7 Å². The Labute approximate surface area is 156 Å². The molecule has 0 saturated heterocycles. The van der Waals surface area contributed by atoms with E-state index in [1.165, 1.54) is 0 Å². The number of aryl methyl sites for hydroxylation is 2. The van der Waals surface area contributed by atoms with E-state index in [2.05, 4.69) is 10.6 Å². The number of imidazole rings is 2. The molecule has 2 aromatic heterocycles. The number of carbonyl (C=O) groups is 2. The zero-order valence-electron chi connectivity index (χ0n) is 15.2. The monoisotopic (exact) mass is 370 g/mol. The maximum atomic E-state index is 12.2. The minimum absolute atomic E-state index is 0.113. The fourth-order valence-corrected chi connectivity index (χ4v) is 2.65. The minimum Gasteiger partial charge on any atom is -0.504 e. The van der Waals surface area contributed by atoms with Crippen molar-refractivity contribution in [2.75, 3.05) is 10.6 Å². The highest BCUT2D eigenvalue weighted by atomic mass is 16.3. The topological polar surface area (TPSA) is 96.0 Å². The summed E-state index contributed by atoms with van der Waals surface area (Å²) in [7, 11) is 3.72. The van der Waals surface area contributed by atoms with Crippen LogP contribution < -0.4 is 19.8 Å². The van der Waals surface area contributed by atoms with E-state index in [1.54, 1.807) is 52.4 Å². The third-order valence-electron chi connectivity index (χ3n) is 3.88. The van der Waals surface area contributed by atoms with Crippen molar-refractivity contribution in [2.24, 2.45) is 14.1 Å². The lowest BCUT2D eigenvalue weighted by atomic mass is 10.2. The first-order chi connectivity index (χ1) is 12.9. The van der Waals surface area contributed by atoms with E-state index < -0.39 is 0 Å². The normalized spacial score (nSPS) is 10.6. The lowest BCUT2D eigenvalue weighted by molar-refractivity contribution is -0.671. The van der Waals surface area contributed by atoms with Crippen molar-refractivity contribution in [3.05, 3.63) is 55.6 Å². The SMILES string of the molecule is C[n+]1ccn(CC(=O)Nc2cccc(NC(=O)Cn3cc[n+](C)c3)c2O)c1. The van der Waals surface area contributed by atoms with E-state index >= 15 is 0 Å². The molecule has 0 radical (unpaired) electrons. The fourth-order valence-electron chi connectivity index (χ4n) is 2.65. The lowest BCUT2D eigenvalue weighted by Crippen LogP contribution is -2.25. The third-order valence-corrected chi connectivity index (χ3v) is 3.88.